The Morgan fingerprint density at radius 1 is 1.00 bits per heavy atom. The van der Waals surface area contributed by atoms with E-state index in [4.69, 9.17) is 0 Å². The summed E-state index contributed by atoms with van der Waals surface area (Å²) in [6.07, 6.45) is -4.37. The summed E-state index contributed by atoms with van der Waals surface area (Å²) in [4.78, 5) is 4.25. The molecule has 6 nitrogen and oxygen atoms in total. The number of sulfonamides is 1. The highest BCUT2D eigenvalue weighted by Crippen LogP contribution is 2.29. The highest BCUT2D eigenvalue weighted by Gasteiger charge is 2.29. The van der Waals surface area contributed by atoms with Gasteiger partial charge in [-0.25, -0.2) is 12.7 Å². The lowest BCUT2D eigenvalue weighted by Gasteiger charge is -2.17. The minimum atomic E-state index is -4.37. The lowest BCUT2D eigenvalue weighted by molar-refractivity contribution is -0.137. The van der Waals surface area contributed by atoms with Gasteiger partial charge in [0.25, 0.3) is 0 Å². The van der Waals surface area contributed by atoms with Crippen LogP contribution in [0.2, 0.25) is 0 Å². The van der Waals surface area contributed by atoms with Gasteiger partial charge >= 0.3 is 6.18 Å². The molecule has 2 aromatic rings. The molecule has 0 aliphatic carbocycles. The number of aliphatic imine (C=N–C) groups is 1. The van der Waals surface area contributed by atoms with Crippen molar-refractivity contribution in [3.8, 4) is 0 Å². The minimum absolute atomic E-state index is 0. The van der Waals surface area contributed by atoms with Crippen LogP contribution in [-0.4, -0.2) is 39.8 Å². The van der Waals surface area contributed by atoms with Crippen molar-refractivity contribution in [2.75, 3.05) is 21.1 Å². The molecule has 0 atom stereocenters. The number of hydrogen-bond acceptors (Lipinski definition) is 3. The van der Waals surface area contributed by atoms with E-state index in [1.54, 1.807) is 25.2 Å². The summed E-state index contributed by atoms with van der Waals surface area (Å²) in [5.41, 5.74) is 0.512. The SMILES string of the molecule is CN=C(NCc1ccc(C(F)(F)F)cc1)NCc1ccccc1S(=O)(=O)N(C)C.I. The third kappa shape index (κ3) is 6.84. The van der Waals surface area contributed by atoms with Crippen molar-refractivity contribution < 1.29 is 21.6 Å². The van der Waals surface area contributed by atoms with Crippen LogP contribution in [0.1, 0.15) is 16.7 Å². The van der Waals surface area contributed by atoms with Crippen LogP contribution in [-0.2, 0) is 29.3 Å². The molecule has 0 amide bonds. The molecule has 30 heavy (non-hydrogen) atoms. The first-order valence-corrected chi connectivity index (χ1v) is 10.1. The standard InChI is InChI=1S/C19H23F3N4O2S.HI/c1-23-18(24-12-14-8-10-16(11-9-14)19(20,21)22)25-13-15-6-4-5-7-17(15)29(27,28)26(2)3;/h4-11H,12-13H2,1-3H3,(H2,23,24,25);1H. The highest BCUT2D eigenvalue weighted by molar-refractivity contribution is 14.0. The van der Waals surface area contributed by atoms with Gasteiger partial charge in [-0.05, 0) is 29.3 Å². The van der Waals surface area contributed by atoms with Crippen molar-refractivity contribution in [3.63, 3.8) is 0 Å². The van der Waals surface area contributed by atoms with E-state index in [2.05, 4.69) is 15.6 Å². The van der Waals surface area contributed by atoms with Gasteiger partial charge < -0.3 is 10.6 Å². The van der Waals surface area contributed by atoms with E-state index >= 15 is 0 Å². The minimum Gasteiger partial charge on any atom is -0.352 e. The predicted molar refractivity (Wildman–Crippen MR) is 121 cm³/mol. The molecule has 0 aliphatic rings. The molecule has 2 aromatic carbocycles. The molecule has 0 heterocycles. The summed E-state index contributed by atoms with van der Waals surface area (Å²) in [5.74, 6) is 0.391. The number of guanidine groups is 1. The van der Waals surface area contributed by atoms with E-state index in [9.17, 15) is 21.6 Å². The summed E-state index contributed by atoms with van der Waals surface area (Å²) >= 11 is 0. The largest absolute Gasteiger partial charge is 0.416 e. The molecule has 2 N–H and O–H groups in total. The van der Waals surface area contributed by atoms with Crippen molar-refractivity contribution in [2.45, 2.75) is 24.2 Å². The third-order valence-electron chi connectivity index (χ3n) is 4.14. The molecule has 0 fully saturated rings. The Hall–Kier alpha value is -1.86. The molecule has 0 aliphatic heterocycles. The summed E-state index contributed by atoms with van der Waals surface area (Å²) < 4.78 is 63.9. The molecule has 0 bridgehead atoms. The van der Waals surface area contributed by atoms with Gasteiger partial charge in [0.05, 0.1) is 10.5 Å². The van der Waals surface area contributed by atoms with E-state index in [1.165, 1.54) is 32.3 Å². The van der Waals surface area contributed by atoms with Gasteiger partial charge in [-0.3, -0.25) is 4.99 Å². The summed E-state index contributed by atoms with van der Waals surface area (Å²) in [6, 6.07) is 11.5. The van der Waals surface area contributed by atoms with Crippen LogP contribution in [0.5, 0.6) is 0 Å². The normalized spacial score (nSPS) is 12.4. The maximum absolute atomic E-state index is 12.6. The Morgan fingerprint density at radius 3 is 2.10 bits per heavy atom. The quantitative estimate of drug-likeness (QED) is 0.325. The van der Waals surface area contributed by atoms with Crippen molar-refractivity contribution in [2.24, 2.45) is 4.99 Å². The Labute approximate surface area is 191 Å². The number of hydrogen-bond donors (Lipinski definition) is 2. The molecule has 0 saturated carbocycles. The van der Waals surface area contributed by atoms with Crippen LogP contribution in [0, 0.1) is 0 Å². The molecule has 2 rings (SSSR count). The van der Waals surface area contributed by atoms with Crippen molar-refractivity contribution >= 4 is 40.0 Å². The van der Waals surface area contributed by atoms with Crippen LogP contribution >= 0.6 is 24.0 Å². The van der Waals surface area contributed by atoms with E-state index in [0.29, 0.717) is 17.1 Å². The van der Waals surface area contributed by atoms with Crippen molar-refractivity contribution in [1.29, 1.82) is 0 Å². The fraction of sp³-hybridized carbons (Fsp3) is 0.316. The molecule has 0 saturated heterocycles. The van der Waals surface area contributed by atoms with Gasteiger partial charge in [-0.15, -0.1) is 24.0 Å². The first-order chi connectivity index (χ1) is 13.6. The van der Waals surface area contributed by atoms with E-state index in [1.807, 2.05) is 0 Å². The molecule has 0 aromatic heterocycles. The fourth-order valence-electron chi connectivity index (χ4n) is 2.50. The Kier molecular flexibility index (Phi) is 9.56. The van der Waals surface area contributed by atoms with E-state index < -0.39 is 21.8 Å². The number of nitrogens with zero attached hydrogens (tertiary/aromatic N) is 2. The topological polar surface area (TPSA) is 73.8 Å². The first-order valence-electron chi connectivity index (χ1n) is 8.67. The summed E-state index contributed by atoms with van der Waals surface area (Å²) in [6.45, 7) is 0.464. The van der Waals surface area contributed by atoms with Gasteiger partial charge in [0, 0.05) is 34.2 Å². The average molecular weight is 556 g/mol. The zero-order valence-corrected chi connectivity index (χ0v) is 19.8. The second-order valence-electron chi connectivity index (χ2n) is 6.37. The average Bonchev–Trinajstić information content (AvgIpc) is 2.68. The Morgan fingerprint density at radius 2 is 1.57 bits per heavy atom. The van der Waals surface area contributed by atoms with E-state index in [0.717, 1.165) is 16.4 Å². The van der Waals surface area contributed by atoms with Crippen molar-refractivity contribution in [1.82, 2.24) is 14.9 Å². The van der Waals surface area contributed by atoms with Crippen LogP contribution in [0.3, 0.4) is 0 Å². The molecule has 0 unspecified atom stereocenters. The highest BCUT2D eigenvalue weighted by atomic mass is 127. The van der Waals surface area contributed by atoms with Crippen LogP contribution in [0.25, 0.3) is 0 Å². The molecule has 0 spiro atoms. The number of rotatable bonds is 6. The van der Waals surface area contributed by atoms with Crippen molar-refractivity contribution in [3.05, 3.63) is 65.2 Å². The van der Waals surface area contributed by atoms with Gasteiger partial charge in [0.1, 0.15) is 0 Å². The summed E-state index contributed by atoms with van der Waals surface area (Å²) in [5, 5.41) is 6.01. The van der Waals surface area contributed by atoms with E-state index in [-0.39, 0.29) is 42.0 Å². The van der Waals surface area contributed by atoms with Crippen LogP contribution < -0.4 is 10.6 Å². The fourth-order valence-corrected chi connectivity index (χ4v) is 3.61. The lowest BCUT2D eigenvalue weighted by Crippen LogP contribution is -2.36. The molecular formula is C19H24F3IN4O2S. The Balaban J connectivity index is 0.00000450. The van der Waals surface area contributed by atoms with Crippen LogP contribution in [0.4, 0.5) is 13.2 Å². The van der Waals surface area contributed by atoms with Gasteiger partial charge in [-0.2, -0.15) is 13.2 Å². The maximum Gasteiger partial charge on any atom is 0.416 e. The molecule has 166 valence electrons. The number of halogens is 4. The smallest absolute Gasteiger partial charge is 0.352 e. The van der Waals surface area contributed by atoms with Gasteiger partial charge in [0.2, 0.25) is 10.0 Å². The Bertz CT molecular complexity index is 962. The monoisotopic (exact) mass is 556 g/mol. The zero-order valence-electron chi connectivity index (χ0n) is 16.7. The van der Waals surface area contributed by atoms with Crippen LogP contribution in [0.15, 0.2) is 58.4 Å². The summed E-state index contributed by atoms with van der Waals surface area (Å²) in [7, 11) is 0.879. The predicted octanol–water partition coefficient (Wildman–Crippen LogP) is 3.44. The molecular weight excluding hydrogens is 532 g/mol. The van der Waals surface area contributed by atoms with Gasteiger partial charge in [-0.1, -0.05) is 30.3 Å². The lowest BCUT2D eigenvalue weighted by atomic mass is 10.1. The number of alkyl halides is 3. The first kappa shape index (κ1) is 26.2. The van der Waals surface area contributed by atoms with Gasteiger partial charge in [0.15, 0.2) is 5.96 Å². The number of benzene rings is 2. The number of nitrogens with one attached hydrogen (secondary N) is 2. The maximum atomic E-state index is 12.6. The molecule has 11 heteroatoms. The third-order valence-corrected chi connectivity index (χ3v) is 6.06. The molecule has 0 radical (unpaired) electrons. The second-order valence-corrected chi connectivity index (χ2v) is 8.49. The second kappa shape index (κ2) is 11.0. The zero-order chi connectivity index (χ0) is 21.7.